The van der Waals surface area contributed by atoms with Crippen molar-refractivity contribution < 1.29 is 4.79 Å². The van der Waals surface area contributed by atoms with E-state index in [1.807, 2.05) is 0 Å². The first-order valence-electron chi connectivity index (χ1n) is 4.92. The molecule has 0 bridgehead atoms. The molecule has 0 aromatic carbocycles. The molecule has 0 spiro atoms. The Bertz CT molecular complexity index is 707. The van der Waals surface area contributed by atoms with Crippen LogP contribution in [0.25, 0.3) is 0 Å². The van der Waals surface area contributed by atoms with Gasteiger partial charge in [-0.1, -0.05) is 0 Å². The lowest BCUT2D eigenvalue weighted by molar-refractivity contribution is 0.0970. The van der Waals surface area contributed by atoms with Crippen molar-refractivity contribution in [2.45, 2.75) is 6.54 Å². The van der Waals surface area contributed by atoms with E-state index in [0.29, 0.717) is 10.0 Å². The van der Waals surface area contributed by atoms with Gasteiger partial charge in [0.05, 0.1) is 18.6 Å². The Morgan fingerprint density at radius 2 is 1.89 bits per heavy atom. The zero-order valence-electron chi connectivity index (χ0n) is 9.12. The number of carbonyl (C=O) groups excluding carboxylic acids is 1. The van der Waals surface area contributed by atoms with Crippen LogP contribution in [0.2, 0.25) is 0 Å². The van der Waals surface area contributed by atoms with Gasteiger partial charge in [0.2, 0.25) is 0 Å². The molecule has 0 aliphatic rings. The van der Waals surface area contributed by atoms with Crippen LogP contribution >= 0.6 is 75.1 Å². The van der Waals surface area contributed by atoms with E-state index in [0.717, 1.165) is 12.0 Å². The molecular weight excluding hydrogens is 530 g/mol. The molecule has 2 aromatic heterocycles. The number of Topliss-reactive ketones (excluding diaryl/α,β-unsaturated/α-hetero) is 1. The van der Waals surface area contributed by atoms with Gasteiger partial charge in [-0.15, -0.1) is 11.3 Å². The summed E-state index contributed by atoms with van der Waals surface area (Å²) in [5.41, 5.74) is 0.335. The van der Waals surface area contributed by atoms with Crippen LogP contribution in [0, 0.1) is 0 Å². The minimum absolute atomic E-state index is 0.00134. The van der Waals surface area contributed by atoms with Gasteiger partial charge in [0.1, 0.15) is 0 Å². The number of aromatic nitrogens is 1. The first-order valence-corrected chi connectivity index (χ1v) is 8.91. The van der Waals surface area contributed by atoms with Crippen molar-refractivity contribution in [2.24, 2.45) is 0 Å². The minimum Gasteiger partial charge on any atom is -0.306 e. The van der Waals surface area contributed by atoms with Gasteiger partial charge in [0.15, 0.2) is 5.78 Å². The molecule has 2 heterocycles. The fraction of sp³-hybridized carbons (Fsp3) is 0.0909. The van der Waals surface area contributed by atoms with Gasteiger partial charge in [0.25, 0.3) is 5.56 Å². The number of carbonyl (C=O) groups is 1. The second kappa shape index (κ2) is 6.34. The molecule has 0 unspecified atom stereocenters. The van der Waals surface area contributed by atoms with Crippen LogP contribution in [-0.4, -0.2) is 10.4 Å². The fourth-order valence-electron chi connectivity index (χ4n) is 1.45. The summed E-state index contributed by atoms with van der Waals surface area (Å²) in [4.78, 5) is 24.1. The fourth-order valence-corrected chi connectivity index (χ4v) is 5.57. The van der Waals surface area contributed by atoms with E-state index < -0.39 is 0 Å². The molecule has 0 saturated heterocycles. The molecular formula is C11H5Br4NO2S. The molecule has 19 heavy (non-hydrogen) atoms. The van der Waals surface area contributed by atoms with Crippen LogP contribution < -0.4 is 5.56 Å². The third kappa shape index (κ3) is 3.66. The molecule has 0 amide bonds. The predicted molar refractivity (Wildman–Crippen MR) is 90.2 cm³/mol. The van der Waals surface area contributed by atoms with Gasteiger partial charge in [-0.25, -0.2) is 0 Å². The van der Waals surface area contributed by atoms with Crippen molar-refractivity contribution in [3.05, 3.63) is 50.8 Å². The molecule has 0 radical (unpaired) electrons. The van der Waals surface area contributed by atoms with Crippen molar-refractivity contribution in [3.63, 3.8) is 0 Å². The largest absolute Gasteiger partial charge is 0.306 e. The first-order chi connectivity index (χ1) is 8.88. The highest BCUT2D eigenvalue weighted by Gasteiger charge is 2.15. The summed E-state index contributed by atoms with van der Waals surface area (Å²) in [6.45, 7) is -0.00134. The Balaban J connectivity index is 2.34. The van der Waals surface area contributed by atoms with Crippen LogP contribution in [-0.2, 0) is 6.54 Å². The highest BCUT2D eigenvalue weighted by atomic mass is 79.9. The SMILES string of the molecule is O=C(Cn1cc(Br)cc(Br)c1=O)c1cc(Br)sc1Br. The van der Waals surface area contributed by atoms with Crippen molar-refractivity contribution in [2.75, 3.05) is 0 Å². The normalized spacial score (nSPS) is 10.7. The summed E-state index contributed by atoms with van der Waals surface area (Å²) in [6, 6.07) is 3.40. The molecule has 3 nitrogen and oxygen atoms in total. The summed E-state index contributed by atoms with van der Waals surface area (Å²) in [7, 11) is 0. The van der Waals surface area contributed by atoms with E-state index in [2.05, 4.69) is 63.7 Å². The lowest BCUT2D eigenvalue weighted by Gasteiger charge is -2.06. The number of hydrogen-bond acceptors (Lipinski definition) is 3. The van der Waals surface area contributed by atoms with Gasteiger partial charge in [-0.3, -0.25) is 9.59 Å². The number of hydrogen-bond donors (Lipinski definition) is 0. The van der Waals surface area contributed by atoms with Gasteiger partial charge in [-0.2, -0.15) is 0 Å². The third-order valence-electron chi connectivity index (χ3n) is 2.28. The molecule has 2 aromatic rings. The smallest absolute Gasteiger partial charge is 0.265 e. The van der Waals surface area contributed by atoms with Crippen molar-refractivity contribution in [1.82, 2.24) is 4.57 Å². The summed E-state index contributed by atoms with van der Waals surface area (Å²) in [5, 5.41) is 0. The van der Waals surface area contributed by atoms with Crippen LogP contribution in [0.4, 0.5) is 0 Å². The molecule has 0 atom stereocenters. The van der Waals surface area contributed by atoms with E-state index >= 15 is 0 Å². The number of ketones is 1. The average Bonchev–Trinajstić information content (AvgIpc) is 2.64. The second-order valence-electron chi connectivity index (χ2n) is 3.60. The molecule has 8 heteroatoms. The highest BCUT2D eigenvalue weighted by Crippen LogP contribution is 2.32. The van der Waals surface area contributed by atoms with Gasteiger partial charge in [-0.05, 0) is 75.9 Å². The van der Waals surface area contributed by atoms with Gasteiger partial charge >= 0.3 is 0 Å². The van der Waals surface area contributed by atoms with Gasteiger partial charge in [0, 0.05) is 16.2 Å². The highest BCUT2D eigenvalue weighted by molar-refractivity contribution is 9.12. The zero-order chi connectivity index (χ0) is 14.2. The Morgan fingerprint density at radius 1 is 1.21 bits per heavy atom. The maximum absolute atomic E-state index is 12.2. The maximum Gasteiger partial charge on any atom is 0.265 e. The molecule has 100 valence electrons. The topological polar surface area (TPSA) is 39.1 Å². The number of rotatable bonds is 3. The second-order valence-corrected chi connectivity index (χ2v) is 9.12. The summed E-state index contributed by atoms with van der Waals surface area (Å²) in [5.74, 6) is -0.124. The first kappa shape index (κ1) is 15.6. The number of halogens is 4. The predicted octanol–water partition coefficient (Wildman–Crippen LogP) is 4.84. The monoisotopic (exact) mass is 531 g/mol. The average molecular weight is 535 g/mol. The zero-order valence-corrected chi connectivity index (χ0v) is 16.3. The van der Waals surface area contributed by atoms with Crippen molar-refractivity contribution in [1.29, 1.82) is 0 Å². The molecule has 0 saturated carbocycles. The minimum atomic E-state index is -0.234. The van der Waals surface area contributed by atoms with E-state index in [4.69, 9.17) is 0 Å². The third-order valence-corrected chi connectivity index (χ3v) is 5.62. The Morgan fingerprint density at radius 3 is 2.47 bits per heavy atom. The summed E-state index contributed by atoms with van der Waals surface area (Å²) < 4.78 is 4.14. The lowest BCUT2D eigenvalue weighted by atomic mass is 10.2. The number of nitrogens with zero attached hydrogens (tertiary/aromatic N) is 1. The molecule has 2 rings (SSSR count). The Kier molecular flexibility index (Phi) is 5.21. The van der Waals surface area contributed by atoms with E-state index in [-0.39, 0.29) is 17.9 Å². The number of pyridine rings is 1. The van der Waals surface area contributed by atoms with Gasteiger partial charge < -0.3 is 4.57 Å². The van der Waals surface area contributed by atoms with E-state index in [9.17, 15) is 9.59 Å². The van der Waals surface area contributed by atoms with Crippen LogP contribution in [0.5, 0.6) is 0 Å². The van der Waals surface area contributed by atoms with Crippen molar-refractivity contribution in [3.8, 4) is 0 Å². The van der Waals surface area contributed by atoms with Crippen molar-refractivity contribution >= 4 is 80.8 Å². The quantitative estimate of drug-likeness (QED) is 0.529. The maximum atomic E-state index is 12.2. The molecule has 0 N–H and O–H groups in total. The van der Waals surface area contributed by atoms with Crippen LogP contribution in [0.15, 0.2) is 39.6 Å². The van der Waals surface area contributed by atoms with Crippen LogP contribution in [0.1, 0.15) is 10.4 Å². The van der Waals surface area contributed by atoms with Crippen LogP contribution in [0.3, 0.4) is 0 Å². The lowest BCUT2D eigenvalue weighted by Crippen LogP contribution is -2.24. The van der Waals surface area contributed by atoms with E-state index in [1.54, 1.807) is 18.3 Å². The summed E-state index contributed by atoms with van der Waals surface area (Å²) in [6.07, 6.45) is 1.60. The summed E-state index contributed by atoms with van der Waals surface area (Å²) >= 11 is 14.6. The standard InChI is InChI=1S/C11H5Br4NO2S/c12-5-1-7(13)11(18)16(3-5)4-8(17)6-2-9(14)19-10(6)15/h1-3H,4H2. The molecule has 0 aliphatic heterocycles. The molecule has 0 fully saturated rings. The number of thiophene rings is 1. The Hall–Kier alpha value is 0.240. The Labute approximate surface area is 146 Å². The van der Waals surface area contributed by atoms with E-state index in [1.165, 1.54) is 15.9 Å². The molecule has 0 aliphatic carbocycles.